The highest BCUT2D eigenvalue weighted by Gasteiger charge is 2.28. The molecule has 0 spiro atoms. The van der Waals surface area contributed by atoms with Gasteiger partial charge in [0, 0.05) is 13.1 Å². The van der Waals surface area contributed by atoms with Gasteiger partial charge in [-0.15, -0.1) is 0 Å². The number of hydrogen-bond donors (Lipinski definition) is 1. The first-order chi connectivity index (χ1) is 13.7. The zero-order valence-electron chi connectivity index (χ0n) is 16.8. The number of nitrogens with zero attached hydrogens (tertiary/aromatic N) is 1. The van der Waals surface area contributed by atoms with Gasteiger partial charge in [-0.3, -0.25) is 9.59 Å². The van der Waals surface area contributed by atoms with Gasteiger partial charge in [0.2, 0.25) is 5.91 Å². The summed E-state index contributed by atoms with van der Waals surface area (Å²) in [5.41, 5.74) is 0.982. The van der Waals surface area contributed by atoms with Gasteiger partial charge in [0.05, 0.1) is 0 Å². The fourth-order valence-corrected chi connectivity index (χ4v) is 2.95. The molecule has 2 amide bonds. The normalized spacial score (nSPS) is 11.5. The van der Waals surface area contributed by atoms with E-state index in [2.05, 4.69) is 12.2 Å². The highest BCUT2D eigenvalue weighted by molar-refractivity contribution is 5.88. The van der Waals surface area contributed by atoms with Crippen molar-refractivity contribution >= 4 is 11.8 Å². The van der Waals surface area contributed by atoms with Gasteiger partial charge >= 0.3 is 0 Å². The van der Waals surface area contributed by atoms with E-state index in [0.717, 1.165) is 18.4 Å². The van der Waals surface area contributed by atoms with Crippen molar-refractivity contribution in [2.24, 2.45) is 0 Å². The van der Waals surface area contributed by atoms with Crippen LogP contribution in [0.15, 0.2) is 60.7 Å². The van der Waals surface area contributed by atoms with E-state index in [4.69, 9.17) is 4.74 Å². The van der Waals surface area contributed by atoms with E-state index >= 15 is 0 Å². The van der Waals surface area contributed by atoms with E-state index in [1.54, 1.807) is 4.90 Å². The first kappa shape index (κ1) is 21.5. The molecule has 1 N–H and O–H groups in total. The molecule has 0 saturated heterocycles. The van der Waals surface area contributed by atoms with Gasteiger partial charge in [-0.1, -0.05) is 68.8 Å². The van der Waals surface area contributed by atoms with Crippen LogP contribution < -0.4 is 10.1 Å². The Balaban J connectivity index is 2.12. The second kappa shape index (κ2) is 11.8. The van der Waals surface area contributed by atoms with Crippen LogP contribution in [0.4, 0.5) is 0 Å². The molecule has 0 unspecified atom stereocenters. The van der Waals surface area contributed by atoms with E-state index in [0.29, 0.717) is 25.3 Å². The Morgan fingerprint density at radius 3 is 2.25 bits per heavy atom. The maximum atomic E-state index is 13.0. The number of carbonyl (C=O) groups excluding carboxylic acids is 2. The Morgan fingerprint density at radius 2 is 1.64 bits per heavy atom. The second-order valence-corrected chi connectivity index (χ2v) is 6.68. The standard InChI is InChI=1S/C23H30N2O3/c1-3-5-16-24-23(27)21(4-2)25(17-19-12-8-6-9-13-19)22(26)18-28-20-14-10-7-11-15-20/h6-15,21H,3-5,16-18H2,1-2H3,(H,24,27)/t21-/m0/s1. The number of carbonyl (C=O) groups is 2. The maximum Gasteiger partial charge on any atom is 0.261 e. The summed E-state index contributed by atoms with van der Waals surface area (Å²) in [4.78, 5) is 27.3. The van der Waals surface area contributed by atoms with Crippen molar-refractivity contribution < 1.29 is 14.3 Å². The molecule has 0 aliphatic carbocycles. The number of ether oxygens (including phenoxy) is 1. The minimum atomic E-state index is -0.524. The van der Waals surface area contributed by atoms with Gasteiger partial charge in [0.1, 0.15) is 11.8 Å². The summed E-state index contributed by atoms with van der Waals surface area (Å²) in [5, 5.41) is 2.96. The fraction of sp³-hybridized carbons (Fsp3) is 0.391. The Kier molecular flexibility index (Phi) is 9.05. The van der Waals surface area contributed by atoms with E-state index in [-0.39, 0.29) is 18.4 Å². The molecule has 5 nitrogen and oxygen atoms in total. The van der Waals surface area contributed by atoms with Crippen molar-refractivity contribution in [2.75, 3.05) is 13.2 Å². The molecule has 0 saturated carbocycles. The number of para-hydroxylation sites is 1. The van der Waals surface area contributed by atoms with Gasteiger partial charge < -0.3 is 15.0 Å². The Hall–Kier alpha value is -2.82. The van der Waals surface area contributed by atoms with Gasteiger partial charge in [-0.2, -0.15) is 0 Å². The molecule has 0 fully saturated rings. The molecule has 0 aliphatic rings. The third-order valence-electron chi connectivity index (χ3n) is 4.52. The van der Waals surface area contributed by atoms with Crippen LogP contribution >= 0.6 is 0 Å². The lowest BCUT2D eigenvalue weighted by Gasteiger charge is -2.30. The quantitative estimate of drug-likeness (QED) is 0.602. The Labute approximate surface area is 167 Å². The Morgan fingerprint density at radius 1 is 1.00 bits per heavy atom. The van der Waals surface area contributed by atoms with Crippen LogP contribution in [0.2, 0.25) is 0 Å². The number of benzene rings is 2. The largest absolute Gasteiger partial charge is 0.484 e. The van der Waals surface area contributed by atoms with Crippen LogP contribution in [-0.4, -0.2) is 35.9 Å². The zero-order valence-corrected chi connectivity index (χ0v) is 16.8. The lowest BCUT2D eigenvalue weighted by molar-refractivity contribution is -0.143. The molecule has 2 rings (SSSR count). The number of hydrogen-bond acceptors (Lipinski definition) is 3. The van der Waals surface area contributed by atoms with Gasteiger partial charge in [0.15, 0.2) is 6.61 Å². The zero-order chi connectivity index (χ0) is 20.2. The van der Waals surface area contributed by atoms with E-state index in [1.165, 1.54) is 0 Å². The van der Waals surface area contributed by atoms with Crippen LogP contribution in [0, 0.1) is 0 Å². The molecule has 5 heteroatoms. The van der Waals surface area contributed by atoms with Crippen LogP contribution in [0.3, 0.4) is 0 Å². The van der Waals surface area contributed by atoms with Crippen molar-refractivity contribution in [3.8, 4) is 5.75 Å². The van der Waals surface area contributed by atoms with Crippen LogP contribution in [-0.2, 0) is 16.1 Å². The maximum absolute atomic E-state index is 13.0. The molecule has 0 bridgehead atoms. The van der Waals surface area contributed by atoms with Crippen LogP contribution in [0.5, 0.6) is 5.75 Å². The summed E-state index contributed by atoms with van der Waals surface area (Å²) in [7, 11) is 0. The van der Waals surface area contributed by atoms with E-state index in [9.17, 15) is 9.59 Å². The van der Waals surface area contributed by atoms with Crippen molar-refractivity contribution in [3.63, 3.8) is 0 Å². The van der Waals surface area contributed by atoms with Gasteiger partial charge in [0.25, 0.3) is 5.91 Å². The molecular weight excluding hydrogens is 352 g/mol. The fourth-order valence-electron chi connectivity index (χ4n) is 2.95. The average Bonchev–Trinajstić information content (AvgIpc) is 2.73. The first-order valence-electron chi connectivity index (χ1n) is 9.94. The predicted molar refractivity (Wildman–Crippen MR) is 111 cm³/mol. The summed E-state index contributed by atoms with van der Waals surface area (Å²) in [6.45, 7) is 4.90. The number of rotatable bonds is 11. The number of nitrogens with one attached hydrogen (secondary N) is 1. The van der Waals surface area contributed by atoms with Crippen LogP contribution in [0.25, 0.3) is 0 Å². The lowest BCUT2D eigenvalue weighted by atomic mass is 10.1. The van der Waals surface area contributed by atoms with Crippen LogP contribution in [0.1, 0.15) is 38.7 Å². The molecule has 2 aromatic rings. The molecule has 0 radical (unpaired) electrons. The summed E-state index contributed by atoms with van der Waals surface area (Å²) in [5.74, 6) is 0.320. The molecular formula is C23H30N2O3. The summed E-state index contributed by atoms with van der Waals surface area (Å²) in [6.07, 6.45) is 2.47. The smallest absolute Gasteiger partial charge is 0.261 e. The van der Waals surface area contributed by atoms with Crippen molar-refractivity contribution in [1.82, 2.24) is 10.2 Å². The molecule has 0 aliphatic heterocycles. The minimum Gasteiger partial charge on any atom is -0.484 e. The number of unbranched alkanes of at least 4 members (excludes halogenated alkanes) is 1. The SMILES string of the molecule is CCCCNC(=O)[C@H](CC)N(Cc1ccccc1)C(=O)COc1ccccc1. The monoisotopic (exact) mass is 382 g/mol. The summed E-state index contributed by atoms with van der Waals surface area (Å²) < 4.78 is 5.64. The number of amides is 2. The van der Waals surface area contributed by atoms with E-state index < -0.39 is 6.04 Å². The minimum absolute atomic E-state index is 0.102. The lowest BCUT2D eigenvalue weighted by Crippen LogP contribution is -2.50. The summed E-state index contributed by atoms with van der Waals surface area (Å²) in [6, 6.07) is 18.4. The Bertz CT molecular complexity index is 719. The molecule has 150 valence electrons. The predicted octanol–water partition coefficient (Wildman–Crippen LogP) is 3.79. The third-order valence-corrected chi connectivity index (χ3v) is 4.52. The van der Waals surface area contributed by atoms with Crippen molar-refractivity contribution in [3.05, 3.63) is 66.2 Å². The molecule has 0 heterocycles. The van der Waals surface area contributed by atoms with Gasteiger partial charge in [-0.05, 0) is 30.5 Å². The average molecular weight is 383 g/mol. The van der Waals surface area contributed by atoms with Gasteiger partial charge in [-0.25, -0.2) is 0 Å². The topological polar surface area (TPSA) is 58.6 Å². The van der Waals surface area contributed by atoms with E-state index in [1.807, 2.05) is 67.6 Å². The first-order valence-corrected chi connectivity index (χ1v) is 9.94. The van der Waals surface area contributed by atoms with Crippen molar-refractivity contribution in [2.45, 2.75) is 45.7 Å². The molecule has 2 aromatic carbocycles. The molecule has 1 atom stereocenters. The second-order valence-electron chi connectivity index (χ2n) is 6.68. The molecule has 0 aromatic heterocycles. The highest BCUT2D eigenvalue weighted by atomic mass is 16.5. The molecule has 28 heavy (non-hydrogen) atoms. The van der Waals surface area contributed by atoms with Crippen molar-refractivity contribution in [1.29, 1.82) is 0 Å². The third kappa shape index (κ3) is 6.72. The highest BCUT2D eigenvalue weighted by Crippen LogP contribution is 2.14. The summed E-state index contributed by atoms with van der Waals surface area (Å²) >= 11 is 0.